The molecule has 1 fully saturated rings. The van der Waals surface area contributed by atoms with Crippen molar-refractivity contribution in [1.29, 1.82) is 0 Å². The third kappa shape index (κ3) is 4.84. The summed E-state index contributed by atoms with van der Waals surface area (Å²) in [6.45, 7) is 0.976. The molecule has 1 amide bonds. The summed E-state index contributed by atoms with van der Waals surface area (Å²) in [6, 6.07) is 6.45. The first-order valence-corrected chi connectivity index (χ1v) is 11.7. The van der Waals surface area contributed by atoms with Crippen molar-refractivity contribution < 1.29 is 32.3 Å². The Morgan fingerprint density at radius 1 is 1.29 bits per heavy atom. The van der Waals surface area contributed by atoms with Crippen LogP contribution in [0.2, 0.25) is 0 Å². The van der Waals surface area contributed by atoms with Crippen LogP contribution in [0.15, 0.2) is 47.5 Å². The molecule has 1 saturated carbocycles. The number of carbonyl (C=O) groups excluding carboxylic acids is 1. The van der Waals surface area contributed by atoms with Gasteiger partial charge < -0.3 is 19.7 Å². The highest BCUT2D eigenvalue weighted by atomic mass is 19.4. The predicted molar refractivity (Wildman–Crippen MR) is 128 cm³/mol. The maximum Gasteiger partial charge on any atom is 0.433 e. The van der Waals surface area contributed by atoms with E-state index in [9.17, 15) is 23.1 Å². The van der Waals surface area contributed by atoms with Gasteiger partial charge >= 0.3 is 6.18 Å². The van der Waals surface area contributed by atoms with E-state index in [1.165, 1.54) is 32.6 Å². The Kier molecular flexibility index (Phi) is 6.61. The maximum atomic E-state index is 14.2. The molecule has 3 aromatic heterocycles. The molecule has 13 heteroatoms. The number of nitrogens with zero attached hydrogens (tertiary/aromatic N) is 5. The average Bonchev–Trinajstić information content (AvgIpc) is 3.42. The van der Waals surface area contributed by atoms with Crippen molar-refractivity contribution in [3.8, 4) is 39.6 Å². The van der Waals surface area contributed by atoms with E-state index in [0.29, 0.717) is 10.2 Å². The van der Waals surface area contributed by atoms with Gasteiger partial charge in [-0.05, 0) is 38.0 Å². The molecule has 1 aromatic carbocycles. The number of hydrogen-bond acceptors (Lipinski definition) is 8. The van der Waals surface area contributed by atoms with E-state index in [-0.39, 0.29) is 58.1 Å². The highest BCUT2D eigenvalue weighted by Crippen LogP contribution is 2.46. The van der Waals surface area contributed by atoms with Gasteiger partial charge in [0, 0.05) is 17.8 Å². The normalized spacial score (nSPS) is 14.4. The van der Waals surface area contributed by atoms with Gasteiger partial charge in [0.2, 0.25) is 0 Å². The quantitative estimate of drug-likeness (QED) is 0.352. The van der Waals surface area contributed by atoms with Crippen LogP contribution in [0.25, 0.3) is 33.8 Å². The van der Waals surface area contributed by atoms with Crippen LogP contribution in [0.5, 0.6) is 5.75 Å². The van der Waals surface area contributed by atoms with E-state index >= 15 is 0 Å². The van der Waals surface area contributed by atoms with Crippen molar-refractivity contribution in [2.45, 2.75) is 44.6 Å². The largest absolute Gasteiger partial charge is 0.495 e. The standard InChI is InChI=1S/C25H23F3N6O4/c1-13(35)11-34-23(25(26,27)28)17(10-31-34)22-19(18-8-9-29-12-30-18)20(33-38-22)15-4-3-5-16(21(15)37-2)24(36)32-14-6-7-14/h3-5,8-10,12-14,35H,6-7,11H2,1-2H3,(H,32,36)/t13-/m1/s1. The number of para-hydroxylation sites is 1. The van der Waals surface area contributed by atoms with E-state index in [4.69, 9.17) is 9.26 Å². The monoisotopic (exact) mass is 528 g/mol. The predicted octanol–water partition coefficient (Wildman–Crippen LogP) is 3.96. The molecule has 2 N–H and O–H groups in total. The lowest BCUT2D eigenvalue weighted by Gasteiger charge is -2.14. The van der Waals surface area contributed by atoms with E-state index < -0.39 is 18.0 Å². The third-order valence-electron chi connectivity index (χ3n) is 5.95. The second-order valence-electron chi connectivity index (χ2n) is 8.90. The van der Waals surface area contributed by atoms with Crippen LogP contribution in [-0.4, -0.2) is 55.2 Å². The summed E-state index contributed by atoms with van der Waals surface area (Å²) in [5, 5.41) is 20.6. The Labute approximate surface area is 214 Å². The number of nitrogens with one attached hydrogen (secondary N) is 1. The van der Waals surface area contributed by atoms with Crippen LogP contribution in [0, 0.1) is 0 Å². The first-order valence-electron chi connectivity index (χ1n) is 11.7. The van der Waals surface area contributed by atoms with Crippen LogP contribution in [-0.2, 0) is 12.7 Å². The number of rotatable bonds is 8. The van der Waals surface area contributed by atoms with Gasteiger partial charge in [-0.3, -0.25) is 9.48 Å². The van der Waals surface area contributed by atoms with Gasteiger partial charge in [-0.2, -0.15) is 18.3 Å². The highest BCUT2D eigenvalue weighted by molar-refractivity contribution is 6.01. The molecule has 1 aliphatic carbocycles. The van der Waals surface area contributed by atoms with Gasteiger partial charge in [0.25, 0.3) is 5.91 Å². The molecule has 1 atom stereocenters. The number of ether oxygens (including phenoxy) is 1. The summed E-state index contributed by atoms with van der Waals surface area (Å²) in [6.07, 6.45) is -0.434. The molecule has 0 bridgehead atoms. The van der Waals surface area contributed by atoms with Crippen molar-refractivity contribution in [3.63, 3.8) is 0 Å². The molecule has 1 aliphatic rings. The molecule has 3 heterocycles. The third-order valence-corrected chi connectivity index (χ3v) is 5.95. The SMILES string of the molecule is COc1c(C(=O)NC2CC2)cccc1-c1noc(-c2cnn(C[C@@H](C)O)c2C(F)(F)F)c1-c1ccncn1. The van der Waals surface area contributed by atoms with Crippen LogP contribution >= 0.6 is 0 Å². The lowest BCUT2D eigenvalue weighted by Crippen LogP contribution is -2.25. The number of benzene rings is 1. The topological polar surface area (TPSA) is 128 Å². The maximum absolute atomic E-state index is 14.2. The number of methoxy groups -OCH3 is 1. The lowest BCUT2D eigenvalue weighted by molar-refractivity contribution is -0.144. The number of carbonyl (C=O) groups is 1. The Hall–Kier alpha value is -4.26. The highest BCUT2D eigenvalue weighted by Gasteiger charge is 2.41. The Balaban J connectivity index is 1.72. The lowest BCUT2D eigenvalue weighted by atomic mass is 9.97. The number of alkyl halides is 3. The van der Waals surface area contributed by atoms with E-state index in [0.717, 1.165) is 19.0 Å². The summed E-state index contributed by atoms with van der Waals surface area (Å²) in [4.78, 5) is 21.0. The Morgan fingerprint density at radius 2 is 2.08 bits per heavy atom. The fraction of sp³-hybridized carbons (Fsp3) is 0.320. The summed E-state index contributed by atoms with van der Waals surface area (Å²) in [5.41, 5.74) is -0.438. The van der Waals surface area contributed by atoms with Gasteiger partial charge in [-0.1, -0.05) is 11.2 Å². The second kappa shape index (κ2) is 9.89. The molecule has 198 valence electrons. The fourth-order valence-electron chi connectivity index (χ4n) is 4.19. The molecule has 0 aliphatic heterocycles. The minimum atomic E-state index is -4.82. The molecule has 0 saturated heterocycles. The number of hydrogen-bond donors (Lipinski definition) is 2. The minimum Gasteiger partial charge on any atom is -0.495 e. The summed E-state index contributed by atoms with van der Waals surface area (Å²) in [7, 11) is 1.39. The number of amides is 1. The number of aliphatic hydroxyl groups excluding tert-OH is 1. The molecule has 0 unspecified atom stereocenters. The van der Waals surface area contributed by atoms with Crippen molar-refractivity contribution in [2.24, 2.45) is 0 Å². The number of aromatic nitrogens is 5. The number of aliphatic hydroxyl groups is 1. The zero-order chi connectivity index (χ0) is 27.0. The van der Waals surface area contributed by atoms with Gasteiger partial charge in [0.15, 0.2) is 11.5 Å². The average molecular weight is 528 g/mol. The van der Waals surface area contributed by atoms with Crippen molar-refractivity contribution >= 4 is 5.91 Å². The van der Waals surface area contributed by atoms with Crippen LogP contribution in [0.4, 0.5) is 13.2 Å². The van der Waals surface area contributed by atoms with Crippen LogP contribution < -0.4 is 10.1 Å². The van der Waals surface area contributed by atoms with Gasteiger partial charge in [0.05, 0.1) is 48.3 Å². The van der Waals surface area contributed by atoms with Crippen molar-refractivity contribution in [3.05, 3.63) is 54.2 Å². The van der Waals surface area contributed by atoms with Crippen LogP contribution in [0.3, 0.4) is 0 Å². The zero-order valence-corrected chi connectivity index (χ0v) is 20.4. The summed E-state index contributed by atoms with van der Waals surface area (Å²) >= 11 is 0. The number of halogens is 3. The first-order chi connectivity index (χ1) is 18.2. The van der Waals surface area contributed by atoms with Gasteiger partial charge in [-0.15, -0.1) is 0 Å². The first kappa shape index (κ1) is 25.4. The summed E-state index contributed by atoms with van der Waals surface area (Å²) < 4.78 is 54.5. The molecule has 0 radical (unpaired) electrons. The van der Waals surface area contributed by atoms with Gasteiger partial charge in [0.1, 0.15) is 17.8 Å². The molecule has 4 aromatic rings. The van der Waals surface area contributed by atoms with Crippen LogP contribution in [0.1, 0.15) is 35.8 Å². The van der Waals surface area contributed by atoms with Crippen molar-refractivity contribution in [2.75, 3.05) is 7.11 Å². The Bertz CT molecular complexity index is 1460. The molecule has 38 heavy (non-hydrogen) atoms. The molecule has 0 spiro atoms. The molecule has 5 rings (SSSR count). The Morgan fingerprint density at radius 3 is 2.71 bits per heavy atom. The molecular formula is C25H23F3N6O4. The minimum absolute atomic E-state index is 0.102. The van der Waals surface area contributed by atoms with E-state index in [2.05, 4.69) is 25.5 Å². The summed E-state index contributed by atoms with van der Waals surface area (Å²) in [5.74, 6) is -0.392. The fourth-order valence-corrected chi connectivity index (χ4v) is 4.19. The van der Waals surface area contributed by atoms with Gasteiger partial charge in [-0.25, -0.2) is 9.97 Å². The second-order valence-corrected chi connectivity index (χ2v) is 8.90. The van der Waals surface area contributed by atoms with Crippen molar-refractivity contribution in [1.82, 2.24) is 30.2 Å². The molecule has 10 nitrogen and oxygen atoms in total. The molecular weight excluding hydrogens is 505 g/mol. The zero-order valence-electron chi connectivity index (χ0n) is 20.4. The van der Waals surface area contributed by atoms with E-state index in [1.807, 2.05) is 0 Å². The van der Waals surface area contributed by atoms with E-state index in [1.54, 1.807) is 18.2 Å². The smallest absolute Gasteiger partial charge is 0.433 e.